The van der Waals surface area contributed by atoms with Crippen molar-refractivity contribution < 1.29 is 12.8 Å². The zero-order chi connectivity index (χ0) is 14.9. The maximum Gasteiger partial charge on any atom is 0.262 e. The third kappa shape index (κ3) is 3.19. The third-order valence-corrected chi connectivity index (χ3v) is 4.81. The maximum atomic E-state index is 13.7. The minimum absolute atomic E-state index is 0.0758. The fourth-order valence-corrected chi connectivity index (χ4v) is 3.50. The van der Waals surface area contributed by atoms with Crippen LogP contribution in [0.5, 0.6) is 0 Å². The normalized spacial score (nSPS) is 11.4. The van der Waals surface area contributed by atoms with Crippen molar-refractivity contribution >= 4 is 31.6 Å². The molecule has 0 aromatic heterocycles. The van der Waals surface area contributed by atoms with Gasteiger partial charge in [0.1, 0.15) is 5.82 Å². The molecule has 0 fully saturated rings. The molecule has 2 rings (SSSR count). The molecular formula is C14H13BrFNO2S. The van der Waals surface area contributed by atoms with Gasteiger partial charge < -0.3 is 0 Å². The van der Waals surface area contributed by atoms with E-state index in [9.17, 15) is 12.8 Å². The van der Waals surface area contributed by atoms with Crippen LogP contribution in [0.3, 0.4) is 0 Å². The Morgan fingerprint density at radius 2 is 1.80 bits per heavy atom. The molecule has 0 aliphatic heterocycles. The first-order valence-corrected chi connectivity index (χ1v) is 8.12. The summed E-state index contributed by atoms with van der Waals surface area (Å²) in [5.74, 6) is -0.632. The molecule has 1 N–H and O–H groups in total. The van der Waals surface area contributed by atoms with E-state index in [0.717, 1.165) is 5.56 Å². The van der Waals surface area contributed by atoms with Crippen molar-refractivity contribution in [3.63, 3.8) is 0 Å². The summed E-state index contributed by atoms with van der Waals surface area (Å²) in [6.07, 6.45) is 0. The molecule has 2 aromatic rings. The summed E-state index contributed by atoms with van der Waals surface area (Å²) in [7, 11) is -3.80. The van der Waals surface area contributed by atoms with Gasteiger partial charge >= 0.3 is 0 Å². The van der Waals surface area contributed by atoms with Gasteiger partial charge in [-0.2, -0.15) is 0 Å². The Balaban J connectivity index is 2.41. The molecule has 0 atom stereocenters. The van der Waals surface area contributed by atoms with Crippen LogP contribution in [0.1, 0.15) is 11.1 Å². The lowest BCUT2D eigenvalue weighted by Crippen LogP contribution is -2.15. The Kier molecular flexibility index (Phi) is 4.15. The van der Waals surface area contributed by atoms with E-state index in [1.165, 1.54) is 18.2 Å². The Hall–Kier alpha value is -1.40. The van der Waals surface area contributed by atoms with Crippen LogP contribution in [0.2, 0.25) is 0 Å². The van der Waals surface area contributed by atoms with Crippen LogP contribution in [-0.4, -0.2) is 8.42 Å². The van der Waals surface area contributed by atoms with E-state index in [1.807, 2.05) is 6.92 Å². The lowest BCUT2D eigenvalue weighted by molar-refractivity contribution is 0.598. The van der Waals surface area contributed by atoms with Crippen LogP contribution in [0, 0.1) is 19.7 Å². The fourth-order valence-electron chi connectivity index (χ4n) is 1.87. The predicted octanol–water partition coefficient (Wildman–Crippen LogP) is 4.01. The Morgan fingerprint density at radius 1 is 1.10 bits per heavy atom. The number of aryl methyl sites for hydroxylation is 2. The maximum absolute atomic E-state index is 13.7. The van der Waals surface area contributed by atoms with Gasteiger partial charge in [-0.05, 0) is 43.7 Å². The highest BCUT2D eigenvalue weighted by molar-refractivity contribution is 9.10. The standard InChI is InChI=1S/C14H13BrFNO2S/c1-9-3-6-14(10(2)7-9)20(18,19)17-13-5-4-11(15)8-12(13)16/h3-8,17H,1-2H3. The Morgan fingerprint density at radius 3 is 2.40 bits per heavy atom. The van der Waals surface area contributed by atoms with Gasteiger partial charge in [-0.3, -0.25) is 4.72 Å². The van der Waals surface area contributed by atoms with Crippen molar-refractivity contribution in [3.05, 3.63) is 57.8 Å². The minimum atomic E-state index is -3.80. The van der Waals surface area contributed by atoms with E-state index in [1.54, 1.807) is 25.1 Å². The summed E-state index contributed by atoms with van der Waals surface area (Å²) in [5, 5.41) is 0. The zero-order valence-corrected chi connectivity index (χ0v) is 13.3. The number of benzene rings is 2. The molecule has 0 spiro atoms. The average Bonchev–Trinajstić information content (AvgIpc) is 2.32. The number of halogens is 2. The van der Waals surface area contributed by atoms with Crippen molar-refractivity contribution in [1.29, 1.82) is 0 Å². The predicted molar refractivity (Wildman–Crippen MR) is 80.8 cm³/mol. The second kappa shape index (κ2) is 5.54. The number of sulfonamides is 1. The average molecular weight is 358 g/mol. The highest BCUT2D eigenvalue weighted by Gasteiger charge is 2.18. The van der Waals surface area contributed by atoms with Gasteiger partial charge in [0.15, 0.2) is 0 Å². The van der Waals surface area contributed by atoms with Crippen molar-refractivity contribution in [2.24, 2.45) is 0 Å². The first kappa shape index (κ1) is 15.0. The Bertz CT molecular complexity index is 760. The van der Waals surface area contributed by atoms with Crippen LogP contribution in [0.15, 0.2) is 45.8 Å². The summed E-state index contributed by atoms with van der Waals surface area (Å²) in [6, 6.07) is 9.15. The monoisotopic (exact) mass is 357 g/mol. The quantitative estimate of drug-likeness (QED) is 0.901. The van der Waals surface area contributed by atoms with Crippen molar-refractivity contribution in [2.45, 2.75) is 18.7 Å². The van der Waals surface area contributed by atoms with Crippen LogP contribution in [0.4, 0.5) is 10.1 Å². The highest BCUT2D eigenvalue weighted by Crippen LogP contribution is 2.24. The van der Waals surface area contributed by atoms with E-state index < -0.39 is 15.8 Å². The molecule has 0 unspecified atom stereocenters. The van der Waals surface area contributed by atoms with Gasteiger partial charge in [-0.25, -0.2) is 12.8 Å². The van der Waals surface area contributed by atoms with E-state index in [4.69, 9.17) is 0 Å². The topological polar surface area (TPSA) is 46.2 Å². The molecule has 0 amide bonds. The summed E-state index contributed by atoms with van der Waals surface area (Å²) in [4.78, 5) is 0.144. The van der Waals surface area contributed by atoms with E-state index in [0.29, 0.717) is 10.0 Å². The minimum Gasteiger partial charge on any atom is -0.277 e. The summed E-state index contributed by atoms with van der Waals surface area (Å²) < 4.78 is 41.1. The third-order valence-electron chi connectivity index (χ3n) is 2.80. The van der Waals surface area contributed by atoms with Crippen molar-refractivity contribution in [3.8, 4) is 0 Å². The zero-order valence-electron chi connectivity index (χ0n) is 10.9. The lowest BCUT2D eigenvalue weighted by Gasteiger charge is -2.11. The summed E-state index contributed by atoms with van der Waals surface area (Å²) in [6.45, 7) is 3.59. The molecule has 106 valence electrons. The fraction of sp³-hybridized carbons (Fsp3) is 0.143. The molecule has 20 heavy (non-hydrogen) atoms. The second-order valence-corrected chi connectivity index (χ2v) is 7.07. The smallest absolute Gasteiger partial charge is 0.262 e. The van der Waals surface area contributed by atoms with Crippen molar-refractivity contribution in [1.82, 2.24) is 0 Å². The molecule has 6 heteroatoms. The van der Waals surface area contributed by atoms with Gasteiger partial charge in [0.05, 0.1) is 10.6 Å². The van der Waals surface area contributed by atoms with E-state index in [2.05, 4.69) is 20.7 Å². The van der Waals surface area contributed by atoms with E-state index in [-0.39, 0.29) is 10.6 Å². The number of rotatable bonds is 3. The number of anilines is 1. The molecule has 0 aliphatic carbocycles. The van der Waals surface area contributed by atoms with Gasteiger partial charge in [0, 0.05) is 4.47 Å². The van der Waals surface area contributed by atoms with Gasteiger partial charge in [-0.15, -0.1) is 0 Å². The molecular weight excluding hydrogens is 345 g/mol. The second-order valence-electron chi connectivity index (χ2n) is 4.50. The van der Waals surface area contributed by atoms with E-state index >= 15 is 0 Å². The number of nitrogens with one attached hydrogen (secondary N) is 1. The highest BCUT2D eigenvalue weighted by atomic mass is 79.9. The van der Waals surface area contributed by atoms with Crippen molar-refractivity contribution in [2.75, 3.05) is 4.72 Å². The van der Waals surface area contributed by atoms with Crippen LogP contribution < -0.4 is 4.72 Å². The molecule has 0 bridgehead atoms. The number of hydrogen-bond donors (Lipinski definition) is 1. The van der Waals surface area contributed by atoms with Crippen LogP contribution >= 0.6 is 15.9 Å². The van der Waals surface area contributed by atoms with Gasteiger partial charge in [-0.1, -0.05) is 33.6 Å². The largest absolute Gasteiger partial charge is 0.277 e. The molecule has 0 heterocycles. The Labute approximate surface area is 126 Å². The van der Waals surface area contributed by atoms with Gasteiger partial charge in [0.25, 0.3) is 10.0 Å². The molecule has 0 radical (unpaired) electrons. The SMILES string of the molecule is Cc1ccc(S(=O)(=O)Nc2ccc(Br)cc2F)c(C)c1. The van der Waals surface area contributed by atoms with Crippen LogP contribution in [0.25, 0.3) is 0 Å². The molecule has 0 saturated heterocycles. The molecule has 0 saturated carbocycles. The first-order chi connectivity index (χ1) is 9.29. The number of hydrogen-bond acceptors (Lipinski definition) is 2. The molecule has 2 aromatic carbocycles. The molecule has 0 aliphatic rings. The first-order valence-electron chi connectivity index (χ1n) is 5.85. The van der Waals surface area contributed by atoms with Gasteiger partial charge in [0.2, 0.25) is 0 Å². The summed E-state index contributed by atoms with van der Waals surface area (Å²) in [5.41, 5.74) is 1.51. The summed E-state index contributed by atoms with van der Waals surface area (Å²) >= 11 is 3.12. The van der Waals surface area contributed by atoms with Crippen LogP contribution in [-0.2, 0) is 10.0 Å². The molecule has 3 nitrogen and oxygen atoms in total. The lowest BCUT2D eigenvalue weighted by atomic mass is 10.2.